The molecule has 4 rings (SSSR count). The molecule has 1 N–H and O–H groups in total. The Morgan fingerprint density at radius 1 is 1.24 bits per heavy atom. The maximum Gasteiger partial charge on any atom is 0.265 e. The number of rotatable bonds is 10. The van der Waals surface area contributed by atoms with Gasteiger partial charge in [-0.15, -0.1) is 0 Å². The summed E-state index contributed by atoms with van der Waals surface area (Å²) in [7, 11) is 5.55. The predicted molar refractivity (Wildman–Crippen MR) is 137 cm³/mol. The third-order valence-electron chi connectivity index (χ3n) is 7.94. The van der Waals surface area contributed by atoms with E-state index < -0.39 is 31.0 Å². The summed E-state index contributed by atoms with van der Waals surface area (Å²) in [6.07, 6.45) is 3.43. The summed E-state index contributed by atoms with van der Waals surface area (Å²) in [6.45, 7) is 2.52. The van der Waals surface area contributed by atoms with Crippen LogP contribution in [0.3, 0.4) is 0 Å². The number of anilines is 1. The number of halogens is 3. The number of alkyl halides is 3. The lowest BCUT2D eigenvalue weighted by molar-refractivity contribution is -0.173. The fraction of sp³-hybridized carbons (Fsp3) is 0.704. The van der Waals surface area contributed by atoms with Gasteiger partial charge < -0.3 is 24.4 Å². The van der Waals surface area contributed by atoms with Gasteiger partial charge in [-0.25, -0.2) is 13.2 Å². The number of methoxy groups -OCH3 is 1. The second-order valence-corrected chi connectivity index (χ2v) is 10.6. The lowest BCUT2D eigenvalue weighted by Crippen LogP contribution is -2.44. The van der Waals surface area contributed by atoms with Gasteiger partial charge in [0.15, 0.2) is 6.29 Å². The zero-order valence-corrected chi connectivity index (χ0v) is 22.3. The van der Waals surface area contributed by atoms with Crippen LogP contribution in [0, 0.1) is 0 Å². The minimum Gasteiger partial charge on any atom is -0.374 e. The summed E-state index contributed by atoms with van der Waals surface area (Å²) in [5.74, 6) is -2.67. The van der Waals surface area contributed by atoms with Crippen LogP contribution in [0.25, 0.3) is 0 Å². The number of aromatic nitrogens is 2. The molecule has 2 aliphatic rings. The molecule has 2 saturated heterocycles. The second kappa shape index (κ2) is 11.8. The Morgan fingerprint density at radius 2 is 1.97 bits per heavy atom. The topological polar surface area (TPSA) is 55.0 Å². The molecule has 0 bridgehead atoms. The molecule has 5 atom stereocenters. The van der Waals surface area contributed by atoms with Crippen molar-refractivity contribution in [2.45, 2.75) is 75.5 Å². The first-order chi connectivity index (χ1) is 17.6. The third-order valence-corrected chi connectivity index (χ3v) is 7.94. The van der Waals surface area contributed by atoms with Crippen LogP contribution >= 0.6 is 0 Å². The van der Waals surface area contributed by atoms with E-state index in [9.17, 15) is 18.3 Å². The van der Waals surface area contributed by atoms with Crippen molar-refractivity contribution in [3.63, 3.8) is 0 Å². The largest absolute Gasteiger partial charge is 0.374 e. The lowest BCUT2D eigenvalue weighted by Gasteiger charge is -2.37. The molecule has 3 heterocycles. The minimum absolute atomic E-state index is 0.0310. The van der Waals surface area contributed by atoms with Crippen molar-refractivity contribution in [3.05, 3.63) is 41.7 Å². The fourth-order valence-electron chi connectivity index (χ4n) is 5.75. The molecule has 1 aromatic heterocycles. The standard InChI is InChI=1S/C27H41F3N4O3/c1-19-14-23(15-25(35)37-19)31(2)13-10-22-17-34(32(22)3)24(16-28)26(36-4)20-6-8-21(9-7-20)33-12-5-11-27(29,30)18-33/h6-9,17,19,23-26,35H,5,10-16,18H2,1-4H3/t19-,23+,24-,25-,26-/m1/s1. The summed E-state index contributed by atoms with van der Waals surface area (Å²) in [5, 5.41) is 9.92. The number of piperidine rings is 1. The van der Waals surface area contributed by atoms with E-state index in [4.69, 9.17) is 9.47 Å². The van der Waals surface area contributed by atoms with Gasteiger partial charge in [-0.05, 0) is 44.5 Å². The number of likely N-dealkylation sites (N-methyl/N-ethyl adjacent to an activating group) is 1. The van der Waals surface area contributed by atoms with Gasteiger partial charge in [0, 0.05) is 64.4 Å². The maximum absolute atomic E-state index is 14.3. The molecule has 0 radical (unpaired) electrons. The molecule has 0 saturated carbocycles. The average molecular weight is 527 g/mol. The van der Waals surface area contributed by atoms with Crippen molar-refractivity contribution in [2.75, 3.05) is 45.4 Å². The van der Waals surface area contributed by atoms with Gasteiger partial charge in [-0.3, -0.25) is 9.36 Å². The van der Waals surface area contributed by atoms with Crippen molar-refractivity contribution < 1.29 is 27.8 Å². The van der Waals surface area contributed by atoms with Crippen LogP contribution < -0.4 is 4.90 Å². The number of benzene rings is 1. The van der Waals surface area contributed by atoms with Crippen molar-refractivity contribution in [2.24, 2.45) is 7.05 Å². The molecule has 2 fully saturated rings. The third kappa shape index (κ3) is 6.53. The van der Waals surface area contributed by atoms with E-state index in [0.717, 1.165) is 36.3 Å². The number of ether oxygens (including phenoxy) is 2. The number of nitrogens with zero attached hydrogens (tertiary/aromatic N) is 4. The van der Waals surface area contributed by atoms with Gasteiger partial charge in [0.2, 0.25) is 0 Å². The highest BCUT2D eigenvalue weighted by Gasteiger charge is 2.35. The van der Waals surface area contributed by atoms with Gasteiger partial charge in [-0.1, -0.05) is 12.1 Å². The summed E-state index contributed by atoms with van der Waals surface area (Å²) in [4.78, 5) is 3.96. The van der Waals surface area contributed by atoms with E-state index in [1.165, 1.54) is 0 Å². The molecule has 0 unspecified atom stereocenters. The quantitative estimate of drug-likeness (QED) is 0.500. The van der Waals surface area contributed by atoms with Crippen molar-refractivity contribution in [1.29, 1.82) is 0 Å². The van der Waals surface area contributed by atoms with Crippen LogP contribution in [-0.2, 0) is 22.9 Å². The monoisotopic (exact) mass is 526 g/mol. The van der Waals surface area contributed by atoms with Crippen LogP contribution in [0.15, 0.2) is 30.5 Å². The van der Waals surface area contributed by atoms with Crippen LogP contribution in [-0.4, -0.2) is 84.2 Å². The number of aliphatic hydroxyl groups is 1. The van der Waals surface area contributed by atoms with Gasteiger partial charge in [0.25, 0.3) is 5.92 Å². The molecule has 2 aliphatic heterocycles. The van der Waals surface area contributed by atoms with Crippen molar-refractivity contribution in [1.82, 2.24) is 14.3 Å². The Balaban J connectivity index is 1.38. The smallest absolute Gasteiger partial charge is 0.265 e. The normalized spacial score (nSPS) is 26.0. The zero-order valence-electron chi connectivity index (χ0n) is 22.3. The Hall–Kier alpha value is -2.01. The molecule has 208 valence electrons. The Bertz CT molecular complexity index is 986. The first-order valence-electron chi connectivity index (χ1n) is 13.2. The van der Waals surface area contributed by atoms with Gasteiger partial charge in [0.05, 0.1) is 18.3 Å². The number of aliphatic hydroxyl groups excluding tert-OH is 1. The van der Waals surface area contributed by atoms with Crippen molar-refractivity contribution >= 4 is 5.69 Å². The number of hydrogen-bond donors (Lipinski definition) is 1. The van der Waals surface area contributed by atoms with Gasteiger partial charge in [0.1, 0.15) is 18.8 Å². The Labute approximate surface area is 217 Å². The number of hydrogen-bond acceptors (Lipinski definition) is 5. The second-order valence-electron chi connectivity index (χ2n) is 10.6. The maximum atomic E-state index is 14.3. The van der Waals surface area contributed by atoms with E-state index in [1.807, 2.05) is 53.8 Å². The van der Waals surface area contributed by atoms with E-state index in [2.05, 4.69) is 11.9 Å². The molecule has 37 heavy (non-hydrogen) atoms. The summed E-state index contributed by atoms with van der Waals surface area (Å²) >= 11 is 0. The van der Waals surface area contributed by atoms with Crippen LogP contribution in [0.1, 0.15) is 56.0 Å². The molecular weight excluding hydrogens is 485 g/mol. The molecule has 7 nitrogen and oxygen atoms in total. The van der Waals surface area contributed by atoms with Crippen molar-refractivity contribution in [3.8, 4) is 0 Å². The highest BCUT2D eigenvalue weighted by atomic mass is 19.3. The van der Waals surface area contributed by atoms with Gasteiger partial charge >= 0.3 is 0 Å². The molecule has 0 aliphatic carbocycles. The van der Waals surface area contributed by atoms with Crippen LogP contribution in [0.4, 0.5) is 18.9 Å². The highest BCUT2D eigenvalue weighted by molar-refractivity contribution is 5.48. The van der Waals surface area contributed by atoms with Gasteiger partial charge in [-0.2, -0.15) is 0 Å². The summed E-state index contributed by atoms with van der Waals surface area (Å²) < 4.78 is 57.0. The van der Waals surface area contributed by atoms with Crippen LogP contribution in [0.5, 0.6) is 0 Å². The predicted octanol–water partition coefficient (Wildman–Crippen LogP) is 4.32. The van der Waals surface area contributed by atoms with E-state index in [-0.39, 0.29) is 25.1 Å². The first kappa shape index (κ1) is 28.0. The molecule has 0 spiro atoms. The van der Waals surface area contributed by atoms with E-state index in [0.29, 0.717) is 19.4 Å². The molecular formula is C27H41F3N4O3. The fourth-order valence-corrected chi connectivity index (χ4v) is 5.75. The summed E-state index contributed by atoms with van der Waals surface area (Å²) in [5.41, 5.74) is 2.65. The SMILES string of the molecule is CO[C@H](c1ccc(N2CCCC(F)(F)C2)cc1)[C@@H](CF)n1cc(CCN(C)[C@H]2C[C@@H](C)O[C@@H](O)C2)n1C. The Kier molecular flexibility index (Phi) is 8.93. The first-order valence-corrected chi connectivity index (χ1v) is 13.2. The lowest BCUT2D eigenvalue weighted by atomic mass is 10.0. The van der Waals surface area contributed by atoms with Crippen LogP contribution in [0.2, 0.25) is 0 Å². The zero-order chi connectivity index (χ0) is 26.7. The highest BCUT2D eigenvalue weighted by Crippen LogP contribution is 2.34. The minimum atomic E-state index is -2.67. The molecule has 1 aromatic carbocycles. The molecule has 0 amide bonds. The molecule has 2 aromatic rings. The molecule has 10 heteroatoms. The summed E-state index contributed by atoms with van der Waals surface area (Å²) in [6, 6.07) is 7.06. The van der Waals surface area contributed by atoms with E-state index in [1.54, 1.807) is 12.0 Å². The average Bonchev–Trinajstić information content (AvgIpc) is 2.86. The van der Waals surface area contributed by atoms with E-state index >= 15 is 0 Å². The Morgan fingerprint density at radius 3 is 2.57 bits per heavy atom.